The van der Waals surface area contributed by atoms with Gasteiger partial charge in [-0.2, -0.15) is 4.68 Å². The lowest BCUT2D eigenvalue weighted by atomic mass is 10.3. The second-order valence-electron chi connectivity index (χ2n) is 3.69. The van der Waals surface area contributed by atoms with Gasteiger partial charge in [0.25, 0.3) is 0 Å². The predicted octanol–water partition coefficient (Wildman–Crippen LogP) is 0.395. The fourth-order valence-electron chi connectivity index (χ4n) is 1.75. The number of nitrogen functional groups attached to an aromatic ring is 1. The van der Waals surface area contributed by atoms with Crippen molar-refractivity contribution in [3.8, 4) is 5.88 Å². The first-order valence-electron chi connectivity index (χ1n) is 5.18. The molecule has 1 aromatic heterocycles. The van der Waals surface area contributed by atoms with E-state index in [1.807, 2.05) is 0 Å². The van der Waals surface area contributed by atoms with Gasteiger partial charge in [0.15, 0.2) is 0 Å². The highest BCUT2D eigenvalue weighted by Crippen LogP contribution is 2.21. The van der Waals surface area contributed by atoms with Crippen molar-refractivity contribution < 1.29 is 4.74 Å². The molecule has 0 aromatic carbocycles. The second kappa shape index (κ2) is 4.73. The van der Waals surface area contributed by atoms with E-state index in [1.165, 1.54) is 11.8 Å². The van der Waals surface area contributed by atoms with Crippen molar-refractivity contribution in [2.75, 3.05) is 12.1 Å². The summed E-state index contributed by atoms with van der Waals surface area (Å²) < 4.78 is 6.46. The molecule has 1 aliphatic rings. The van der Waals surface area contributed by atoms with Crippen LogP contribution in [0.4, 0.5) is 0 Å². The minimum absolute atomic E-state index is 0.00667. The van der Waals surface area contributed by atoms with Crippen LogP contribution in [-0.4, -0.2) is 27.2 Å². The standard InChI is InChI=1S/C9H14N4O2S/c1-16-9-12-11-7(8(14)13(9)10)15-6-4-2-3-5-6/h6H,2-5,10H2,1H3. The van der Waals surface area contributed by atoms with Gasteiger partial charge in [-0.15, -0.1) is 10.2 Å². The molecule has 7 heteroatoms. The number of nitrogens with zero attached hydrogens (tertiary/aromatic N) is 3. The molecular formula is C9H14N4O2S. The third kappa shape index (κ3) is 2.13. The Hall–Kier alpha value is -1.24. The zero-order valence-electron chi connectivity index (χ0n) is 9.05. The lowest BCUT2D eigenvalue weighted by Crippen LogP contribution is -2.33. The van der Waals surface area contributed by atoms with Crippen LogP contribution >= 0.6 is 11.8 Å². The van der Waals surface area contributed by atoms with E-state index >= 15 is 0 Å². The molecule has 0 unspecified atom stereocenters. The Labute approximate surface area is 97.2 Å². The number of hydrogen-bond donors (Lipinski definition) is 1. The van der Waals surface area contributed by atoms with Crippen LogP contribution in [0.25, 0.3) is 0 Å². The number of ether oxygens (including phenoxy) is 1. The Bertz CT molecular complexity index is 428. The highest BCUT2D eigenvalue weighted by atomic mass is 32.2. The Kier molecular flexibility index (Phi) is 3.33. The molecule has 0 saturated heterocycles. The number of thioether (sulfide) groups is 1. The van der Waals surface area contributed by atoms with Crippen LogP contribution in [0, 0.1) is 0 Å². The van der Waals surface area contributed by atoms with E-state index in [-0.39, 0.29) is 12.0 Å². The van der Waals surface area contributed by atoms with Gasteiger partial charge in [-0.25, -0.2) is 0 Å². The molecule has 0 spiro atoms. The molecule has 1 aliphatic carbocycles. The summed E-state index contributed by atoms with van der Waals surface area (Å²) >= 11 is 1.27. The van der Waals surface area contributed by atoms with E-state index in [9.17, 15) is 4.79 Å². The molecule has 6 nitrogen and oxygen atoms in total. The first-order valence-corrected chi connectivity index (χ1v) is 6.40. The summed E-state index contributed by atoms with van der Waals surface area (Å²) in [5.41, 5.74) is -0.425. The third-order valence-corrected chi connectivity index (χ3v) is 3.24. The minimum Gasteiger partial charge on any atom is -0.469 e. The van der Waals surface area contributed by atoms with Gasteiger partial charge in [0.2, 0.25) is 5.16 Å². The highest BCUT2D eigenvalue weighted by molar-refractivity contribution is 7.98. The SMILES string of the molecule is CSc1nnc(OC2CCCC2)c(=O)n1N. The summed E-state index contributed by atoms with van der Waals surface area (Å²) in [4.78, 5) is 11.7. The van der Waals surface area contributed by atoms with Gasteiger partial charge >= 0.3 is 11.4 Å². The molecule has 16 heavy (non-hydrogen) atoms. The molecule has 2 rings (SSSR count). The van der Waals surface area contributed by atoms with Crippen LogP contribution in [0.2, 0.25) is 0 Å². The average Bonchev–Trinajstić information content (AvgIpc) is 2.78. The fraction of sp³-hybridized carbons (Fsp3) is 0.667. The Balaban J connectivity index is 2.21. The van der Waals surface area contributed by atoms with Gasteiger partial charge in [0.1, 0.15) is 6.10 Å². The van der Waals surface area contributed by atoms with Gasteiger partial charge in [0, 0.05) is 0 Å². The maximum atomic E-state index is 11.7. The Morgan fingerprint density at radius 1 is 1.44 bits per heavy atom. The van der Waals surface area contributed by atoms with Crippen molar-refractivity contribution in [3.05, 3.63) is 10.4 Å². The van der Waals surface area contributed by atoms with Crippen LogP contribution in [0.15, 0.2) is 9.95 Å². The molecule has 2 N–H and O–H groups in total. The van der Waals surface area contributed by atoms with E-state index in [0.29, 0.717) is 5.16 Å². The summed E-state index contributed by atoms with van der Waals surface area (Å²) in [6.07, 6.45) is 6.08. The Morgan fingerprint density at radius 2 is 2.12 bits per heavy atom. The van der Waals surface area contributed by atoms with E-state index in [4.69, 9.17) is 10.6 Å². The first-order chi connectivity index (χ1) is 7.72. The summed E-state index contributed by atoms with van der Waals surface area (Å²) in [5, 5.41) is 7.97. The third-order valence-electron chi connectivity index (χ3n) is 2.60. The quantitative estimate of drug-likeness (QED) is 0.610. The van der Waals surface area contributed by atoms with Gasteiger partial charge in [-0.1, -0.05) is 11.8 Å². The van der Waals surface area contributed by atoms with Crippen molar-refractivity contribution in [2.45, 2.75) is 36.9 Å². The zero-order valence-corrected chi connectivity index (χ0v) is 9.87. The minimum atomic E-state index is -0.425. The summed E-state index contributed by atoms with van der Waals surface area (Å²) in [7, 11) is 0. The van der Waals surface area contributed by atoms with Gasteiger partial charge in [-0.3, -0.25) is 4.79 Å². The zero-order chi connectivity index (χ0) is 11.5. The summed E-state index contributed by atoms with van der Waals surface area (Å²) in [6, 6.07) is 0. The number of rotatable bonds is 3. The number of hydrogen-bond acceptors (Lipinski definition) is 6. The van der Waals surface area contributed by atoms with E-state index in [2.05, 4.69) is 10.2 Å². The number of nitrogens with two attached hydrogens (primary N) is 1. The van der Waals surface area contributed by atoms with Crippen molar-refractivity contribution in [1.82, 2.24) is 14.9 Å². The van der Waals surface area contributed by atoms with Crippen molar-refractivity contribution in [2.24, 2.45) is 0 Å². The second-order valence-corrected chi connectivity index (χ2v) is 4.46. The predicted molar refractivity (Wildman–Crippen MR) is 61.1 cm³/mol. The van der Waals surface area contributed by atoms with Crippen LogP contribution in [0.1, 0.15) is 25.7 Å². The monoisotopic (exact) mass is 242 g/mol. The lowest BCUT2D eigenvalue weighted by molar-refractivity contribution is 0.193. The average molecular weight is 242 g/mol. The largest absolute Gasteiger partial charge is 0.469 e. The van der Waals surface area contributed by atoms with Crippen molar-refractivity contribution >= 4 is 11.8 Å². The molecule has 0 atom stereocenters. The smallest absolute Gasteiger partial charge is 0.335 e. The fourth-order valence-corrected chi connectivity index (χ4v) is 2.15. The first kappa shape index (κ1) is 11.3. The molecule has 88 valence electrons. The normalized spacial score (nSPS) is 16.6. The van der Waals surface area contributed by atoms with Gasteiger partial charge < -0.3 is 10.6 Å². The molecule has 1 fully saturated rings. The van der Waals surface area contributed by atoms with Crippen molar-refractivity contribution in [1.29, 1.82) is 0 Å². The maximum absolute atomic E-state index is 11.7. The van der Waals surface area contributed by atoms with E-state index in [0.717, 1.165) is 30.4 Å². The van der Waals surface area contributed by atoms with Crippen molar-refractivity contribution in [3.63, 3.8) is 0 Å². The number of aromatic nitrogens is 3. The van der Waals surface area contributed by atoms with E-state index in [1.54, 1.807) is 6.26 Å². The van der Waals surface area contributed by atoms with Gasteiger partial charge in [-0.05, 0) is 31.9 Å². The van der Waals surface area contributed by atoms with E-state index < -0.39 is 5.56 Å². The highest BCUT2D eigenvalue weighted by Gasteiger charge is 2.20. The molecular weight excluding hydrogens is 228 g/mol. The topological polar surface area (TPSA) is 83.0 Å². The molecule has 1 saturated carbocycles. The van der Waals surface area contributed by atoms with Crippen LogP contribution in [0.5, 0.6) is 5.88 Å². The Morgan fingerprint density at radius 3 is 2.75 bits per heavy atom. The molecule has 0 radical (unpaired) electrons. The summed E-state index contributed by atoms with van der Waals surface area (Å²) in [6.45, 7) is 0. The molecule has 0 bridgehead atoms. The maximum Gasteiger partial charge on any atom is 0.335 e. The molecule has 0 aliphatic heterocycles. The van der Waals surface area contributed by atoms with Crippen LogP contribution < -0.4 is 16.1 Å². The lowest BCUT2D eigenvalue weighted by Gasteiger charge is -2.11. The molecule has 0 amide bonds. The van der Waals surface area contributed by atoms with Crippen LogP contribution in [-0.2, 0) is 0 Å². The molecule has 1 aromatic rings. The summed E-state index contributed by atoms with van der Waals surface area (Å²) in [5.74, 6) is 5.58. The molecule has 1 heterocycles. The van der Waals surface area contributed by atoms with Gasteiger partial charge in [0.05, 0.1) is 0 Å². The van der Waals surface area contributed by atoms with Crippen LogP contribution in [0.3, 0.4) is 0 Å².